The Labute approximate surface area is 110 Å². The fourth-order valence-corrected chi connectivity index (χ4v) is 2.23. The van der Waals surface area contributed by atoms with Crippen LogP contribution in [0.2, 0.25) is 0 Å². The highest BCUT2D eigenvalue weighted by atomic mass is 16.3. The van der Waals surface area contributed by atoms with E-state index in [0.29, 0.717) is 13.0 Å². The number of rotatable bonds is 4. The van der Waals surface area contributed by atoms with Gasteiger partial charge in [-0.1, -0.05) is 39.0 Å². The van der Waals surface area contributed by atoms with E-state index >= 15 is 0 Å². The van der Waals surface area contributed by atoms with E-state index in [1.807, 2.05) is 12.1 Å². The molecule has 0 aliphatic heterocycles. The summed E-state index contributed by atoms with van der Waals surface area (Å²) >= 11 is 0. The number of nitrogens with two attached hydrogens (primary N) is 2. The maximum atomic E-state index is 10.2. The second-order valence-corrected chi connectivity index (χ2v) is 6.01. The third-order valence-corrected chi connectivity index (χ3v) is 3.32. The van der Waals surface area contributed by atoms with Crippen LogP contribution >= 0.6 is 0 Å². The van der Waals surface area contributed by atoms with Crippen molar-refractivity contribution in [3.63, 3.8) is 0 Å². The Kier molecular flexibility index (Phi) is 4.91. The van der Waals surface area contributed by atoms with Crippen LogP contribution in [0.3, 0.4) is 0 Å². The maximum absolute atomic E-state index is 10.2. The largest absolute Gasteiger partial charge is 0.387 e. The van der Waals surface area contributed by atoms with Crippen LogP contribution in [0.4, 0.5) is 0 Å². The normalized spacial score (nSPS) is 15.5. The summed E-state index contributed by atoms with van der Waals surface area (Å²) in [7, 11) is 0. The van der Waals surface area contributed by atoms with E-state index in [0.717, 1.165) is 5.56 Å². The summed E-state index contributed by atoms with van der Waals surface area (Å²) < 4.78 is 0. The molecule has 0 amide bonds. The van der Waals surface area contributed by atoms with Gasteiger partial charge in [-0.25, -0.2) is 0 Å². The van der Waals surface area contributed by atoms with Gasteiger partial charge in [0.2, 0.25) is 0 Å². The maximum Gasteiger partial charge on any atom is 0.0941 e. The molecule has 0 spiro atoms. The monoisotopic (exact) mass is 250 g/mol. The molecular weight excluding hydrogens is 224 g/mol. The lowest BCUT2D eigenvalue weighted by Crippen LogP contribution is -2.31. The summed E-state index contributed by atoms with van der Waals surface area (Å²) in [6.07, 6.45) is -0.0184. The van der Waals surface area contributed by atoms with Crippen molar-refractivity contribution < 1.29 is 5.11 Å². The summed E-state index contributed by atoms with van der Waals surface area (Å²) in [4.78, 5) is 0. The first-order chi connectivity index (χ1) is 8.27. The van der Waals surface area contributed by atoms with E-state index in [1.165, 1.54) is 11.1 Å². The molecule has 1 aromatic carbocycles. The van der Waals surface area contributed by atoms with Gasteiger partial charge in [0, 0.05) is 6.04 Å². The molecule has 0 heterocycles. The number of hydrogen-bond acceptors (Lipinski definition) is 3. The number of benzene rings is 1. The third kappa shape index (κ3) is 3.55. The summed E-state index contributed by atoms with van der Waals surface area (Å²) in [5.41, 5.74) is 14.8. The second kappa shape index (κ2) is 5.83. The molecule has 2 atom stereocenters. The zero-order chi connectivity index (χ0) is 13.9. The van der Waals surface area contributed by atoms with Crippen molar-refractivity contribution in [1.82, 2.24) is 0 Å². The molecule has 0 saturated carbocycles. The van der Waals surface area contributed by atoms with Gasteiger partial charge >= 0.3 is 0 Å². The summed E-state index contributed by atoms with van der Waals surface area (Å²) in [5.74, 6) is 0. The van der Waals surface area contributed by atoms with Crippen molar-refractivity contribution in [3.8, 4) is 0 Å². The first-order valence-corrected chi connectivity index (χ1v) is 6.52. The topological polar surface area (TPSA) is 72.3 Å². The van der Waals surface area contributed by atoms with Crippen LogP contribution < -0.4 is 11.5 Å². The lowest BCUT2D eigenvalue weighted by Gasteiger charge is -2.25. The van der Waals surface area contributed by atoms with Gasteiger partial charge in [0.25, 0.3) is 0 Å². The molecule has 3 nitrogen and oxygen atoms in total. The minimum atomic E-state index is -0.643. The predicted molar refractivity (Wildman–Crippen MR) is 76.5 cm³/mol. The molecule has 0 aromatic heterocycles. The zero-order valence-corrected chi connectivity index (χ0v) is 11.9. The average molecular weight is 250 g/mol. The molecule has 0 fully saturated rings. The van der Waals surface area contributed by atoms with E-state index in [2.05, 4.69) is 33.8 Å². The van der Waals surface area contributed by atoms with Gasteiger partial charge in [-0.3, -0.25) is 0 Å². The molecule has 0 saturated heterocycles. The van der Waals surface area contributed by atoms with Gasteiger partial charge < -0.3 is 16.6 Å². The van der Waals surface area contributed by atoms with E-state index in [-0.39, 0.29) is 11.5 Å². The van der Waals surface area contributed by atoms with Gasteiger partial charge in [0.1, 0.15) is 0 Å². The van der Waals surface area contributed by atoms with Crippen molar-refractivity contribution in [2.75, 3.05) is 6.54 Å². The molecule has 1 rings (SSSR count). The summed E-state index contributed by atoms with van der Waals surface area (Å²) in [6, 6.07) is 5.77. The van der Waals surface area contributed by atoms with Gasteiger partial charge in [0.05, 0.1) is 6.10 Å². The van der Waals surface area contributed by atoms with Crippen LogP contribution in [-0.4, -0.2) is 17.7 Å². The van der Waals surface area contributed by atoms with Crippen LogP contribution in [0.1, 0.15) is 50.0 Å². The fraction of sp³-hybridized carbons (Fsp3) is 0.600. The van der Waals surface area contributed by atoms with Gasteiger partial charge in [-0.2, -0.15) is 0 Å². The minimum Gasteiger partial charge on any atom is -0.387 e. The van der Waals surface area contributed by atoms with E-state index < -0.39 is 6.10 Å². The highest BCUT2D eigenvalue weighted by Crippen LogP contribution is 2.29. The first kappa shape index (κ1) is 15.2. The molecule has 5 N–H and O–H groups in total. The molecule has 0 aliphatic rings. The van der Waals surface area contributed by atoms with Crippen molar-refractivity contribution in [2.45, 2.75) is 51.7 Å². The van der Waals surface area contributed by atoms with Crippen LogP contribution in [0, 0.1) is 6.92 Å². The van der Waals surface area contributed by atoms with Crippen molar-refractivity contribution in [2.24, 2.45) is 11.5 Å². The Morgan fingerprint density at radius 2 is 1.89 bits per heavy atom. The summed E-state index contributed by atoms with van der Waals surface area (Å²) in [6.45, 7) is 9.11. The van der Waals surface area contributed by atoms with Gasteiger partial charge in [-0.05, 0) is 42.0 Å². The predicted octanol–water partition coefficient (Wildman–Crippen LogP) is 2.00. The smallest absolute Gasteiger partial charge is 0.0941 e. The van der Waals surface area contributed by atoms with Crippen molar-refractivity contribution >= 4 is 0 Å². The highest BCUT2D eigenvalue weighted by molar-refractivity contribution is 5.37. The molecular formula is C15H26N2O. The Morgan fingerprint density at radius 1 is 1.28 bits per heavy atom. The lowest BCUT2D eigenvalue weighted by atomic mass is 9.82. The second-order valence-electron chi connectivity index (χ2n) is 6.01. The number of aryl methyl sites for hydroxylation is 1. The van der Waals surface area contributed by atoms with E-state index in [1.54, 1.807) is 0 Å². The lowest BCUT2D eigenvalue weighted by molar-refractivity contribution is 0.143. The van der Waals surface area contributed by atoms with Crippen LogP contribution in [0.15, 0.2) is 18.2 Å². The molecule has 2 unspecified atom stereocenters. The van der Waals surface area contributed by atoms with Crippen LogP contribution in [0.25, 0.3) is 0 Å². The van der Waals surface area contributed by atoms with Crippen LogP contribution in [-0.2, 0) is 5.41 Å². The highest BCUT2D eigenvalue weighted by Gasteiger charge is 2.21. The third-order valence-electron chi connectivity index (χ3n) is 3.32. The molecule has 3 heteroatoms. The Morgan fingerprint density at radius 3 is 2.39 bits per heavy atom. The van der Waals surface area contributed by atoms with Crippen molar-refractivity contribution in [1.29, 1.82) is 0 Å². The molecule has 0 radical (unpaired) electrons. The Bertz CT molecular complexity index is 396. The van der Waals surface area contributed by atoms with Crippen LogP contribution in [0.5, 0.6) is 0 Å². The zero-order valence-electron chi connectivity index (χ0n) is 11.9. The quantitative estimate of drug-likeness (QED) is 0.765. The minimum absolute atomic E-state index is 0.0672. The molecule has 102 valence electrons. The molecule has 0 aliphatic carbocycles. The number of aliphatic hydroxyl groups is 1. The van der Waals surface area contributed by atoms with E-state index in [4.69, 9.17) is 11.5 Å². The van der Waals surface area contributed by atoms with Gasteiger partial charge in [0.15, 0.2) is 0 Å². The van der Waals surface area contributed by atoms with Gasteiger partial charge in [-0.15, -0.1) is 0 Å². The SMILES string of the molecule is Cc1ccc(C(O)C(N)CCN)cc1C(C)(C)C. The Hall–Kier alpha value is -0.900. The average Bonchev–Trinajstić information content (AvgIpc) is 2.27. The fourth-order valence-electron chi connectivity index (χ4n) is 2.23. The Balaban J connectivity index is 3.05. The molecule has 1 aromatic rings. The number of hydrogen-bond donors (Lipinski definition) is 3. The van der Waals surface area contributed by atoms with Crippen molar-refractivity contribution in [3.05, 3.63) is 34.9 Å². The summed E-state index contributed by atoms with van der Waals surface area (Å²) in [5, 5.41) is 10.2. The first-order valence-electron chi connectivity index (χ1n) is 6.52. The molecule has 18 heavy (non-hydrogen) atoms. The standard InChI is InChI=1S/C15H26N2O/c1-10-5-6-11(9-12(10)15(2,3)4)14(18)13(17)7-8-16/h5-6,9,13-14,18H,7-8,16-17H2,1-4H3. The number of aliphatic hydroxyl groups excluding tert-OH is 1. The molecule has 0 bridgehead atoms. The van der Waals surface area contributed by atoms with E-state index in [9.17, 15) is 5.11 Å².